The van der Waals surface area contributed by atoms with Gasteiger partial charge in [0.05, 0.1) is 12.6 Å². The summed E-state index contributed by atoms with van der Waals surface area (Å²) in [6.07, 6.45) is 6.49. The Kier molecular flexibility index (Phi) is 10.8. The van der Waals surface area contributed by atoms with Crippen LogP contribution in [0.2, 0.25) is 0 Å². The van der Waals surface area contributed by atoms with Crippen molar-refractivity contribution in [2.24, 2.45) is 16.3 Å². The lowest BCUT2D eigenvalue weighted by molar-refractivity contribution is 0.00715. The number of aliphatic hydroxyl groups is 1. The van der Waals surface area contributed by atoms with Gasteiger partial charge in [-0.15, -0.1) is 24.0 Å². The number of hydrogen-bond donors (Lipinski definition) is 3. The number of piperidine rings is 1. The number of nitrogens with one attached hydrogen (secondary N) is 2. The lowest BCUT2D eigenvalue weighted by atomic mass is 9.73. The van der Waals surface area contributed by atoms with Crippen LogP contribution in [0.25, 0.3) is 0 Å². The fraction of sp³-hybridized carbons (Fsp3) is 0.950. The van der Waals surface area contributed by atoms with Crippen molar-refractivity contribution in [1.82, 2.24) is 15.5 Å². The predicted molar refractivity (Wildman–Crippen MR) is 121 cm³/mol. The zero-order valence-electron chi connectivity index (χ0n) is 17.3. The lowest BCUT2D eigenvalue weighted by Crippen LogP contribution is -2.49. The fourth-order valence-electron chi connectivity index (χ4n) is 4.12. The van der Waals surface area contributed by atoms with Gasteiger partial charge in [-0.05, 0) is 38.5 Å². The first kappa shape index (κ1) is 24.0. The summed E-state index contributed by atoms with van der Waals surface area (Å²) in [5.74, 6) is 1.66. The smallest absolute Gasteiger partial charge is 0.191 e. The number of aliphatic hydroxyl groups excluding tert-OH is 1. The van der Waals surface area contributed by atoms with Crippen molar-refractivity contribution in [3.05, 3.63) is 0 Å². The summed E-state index contributed by atoms with van der Waals surface area (Å²) in [5, 5.41) is 17.4. The number of hydrogen-bond acceptors (Lipinski definition) is 3. The maximum absolute atomic E-state index is 10.4. The van der Waals surface area contributed by atoms with E-state index in [-0.39, 0.29) is 35.5 Å². The number of rotatable bonds is 6. The highest BCUT2D eigenvalue weighted by Gasteiger charge is 2.35. The maximum atomic E-state index is 10.4. The average molecular weight is 480 g/mol. The second-order valence-corrected chi connectivity index (χ2v) is 8.72. The molecule has 0 aromatic heterocycles. The summed E-state index contributed by atoms with van der Waals surface area (Å²) in [6.45, 7) is 14.0. The molecule has 0 aromatic carbocycles. The van der Waals surface area contributed by atoms with E-state index in [1.165, 1.54) is 38.9 Å². The van der Waals surface area contributed by atoms with Crippen molar-refractivity contribution in [2.75, 3.05) is 32.7 Å². The third kappa shape index (κ3) is 7.50. The molecule has 1 saturated carbocycles. The van der Waals surface area contributed by atoms with Crippen LogP contribution >= 0.6 is 24.0 Å². The van der Waals surface area contributed by atoms with Crippen LogP contribution in [-0.4, -0.2) is 60.8 Å². The molecule has 1 heterocycles. The zero-order chi connectivity index (χ0) is 18.3. The van der Waals surface area contributed by atoms with Crippen molar-refractivity contribution < 1.29 is 5.11 Å². The van der Waals surface area contributed by atoms with Gasteiger partial charge in [-0.2, -0.15) is 0 Å². The minimum atomic E-state index is -0.216. The highest BCUT2D eigenvalue weighted by Crippen LogP contribution is 2.36. The van der Waals surface area contributed by atoms with Gasteiger partial charge in [-0.1, -0.05) is 33.6 Å². The fourth-order valence-corrected chi connectivity index (χ4v) is 4.12. The third-order valence-electron chi connectivity index (χ3n) is 5.77. The first-order valence-corrected chi connectivity index (χ1v) is 10.4. The molecular formula is C20H41IN4O. The van der Waals surface area contributed by atoms with E-state index < -0.39 is 0 Å². The van der Waals surface area contributed by atoms with Gasteiger partial charge < -0.3 is 20.6 Å². The largest absolute Gasteiger partial charge is 0.392 e. The van der Waals surface area contributed by atoms with E-state index in [9.17, 15) is 5.11 Å². The van der Waals surface area contributed by atoms with Crippen molar-refractivity contribution in [3.8, 4) is 0 Å². The molecule has 26 heavy (non-hydrogen) atoms. The van der Waals surface area contributed by atoms with Crippen LogP contribution in [0, 0.1) is 11.3 Å². The van der Waals surface area contributed by atoms with Crippen LogP contribution in [0.1, 0.15) is 66.2 Å². The molecule has 1 aliphatic carbocycles. The number of likely N-dealkylation sites (tertiary alicyclic amines) is 1. The summed E-state index contributed by atoms with van der Waals surface area (Å²) >= 11 is 0. The van der Waals surface area contributed by atoms with E-state index in [2.05, 4.69) is 43.2 Å². The van der Waals surface area contributed by atoms with Crippen LogP contribution in [-0.2, 0) is 0 Å². The molecule has 154 valence electrons. The number of halogens is 1. The summed E-state index contributed by atoms with van der Waals surface area (Å²) in [7, 11) is 0. The van der Waals surface area contributed by atoms with Crippen LogP contribution in [0.5, 0.6) is 0 Å². The monoisotopic (exact) mass is 480 g/mol. The second kappa shape index (κ2) is 11.7. The molecule has 1 aliphatic heterocycles. The highest BCUT2D eigenvalue weighted by molar-refractivity contribution is 14.0. The molecule has 6 heteroatoms. The standard InChI is InChI=1S/C20H40N4O.HI/c1-5-21-19(22-15-20(4)11-7-6-8-18(20)25)23-17-9-12-24(13-10-17)14-16(2)3;/h16-18,25H,5-15H2,1-4H3,(H2,21,22,23);1H. The molecule has 2 rings (SSSR count). The van der Waals surface area contributed by atoms with Gasteiger partial charge in [-0.25, -0.2) is 0 Å². The Bertz CT molecular complexity index is 424. The molecule has 1 saturated heterocycles. The molecule has 0 bridgehead atoms. The minimum Gasteiger partial charge on any atom is -0.392 e. The highest BCUT2D eigenvalue weighted by atomic mass is 127. The second-order valence-electron chi connectivity index (χ2n) is 8.72. The number of aliphatic imine (C=N–C) groups is 1. The normalized spacial score (nSPS) is 28.7. The third-order valence-corrected chi connectivity index (χ3v) is 5.77. The Morgan fingerprint density at radius 3 is 2.50 bits per heavy atom. The number of nitrogens with zero attached hydrogens (tertiary/aromatic N) is 2. The van der Waals surface area contributed by atoms with Crippen LogP contribution in [0.3, 0.4) is 0 Å². The van der Waals surface area contributed by atoms with E-state index >= 15 is 0 Å². The summed E-state index contributed by atoms with van der Waals surface area (Å²) < 4.78 is 0. The molecule has 0 radical (unpaired) electrons. The van der Waals surface area contributed by atoms with Gasteiger partial charge in [0.2, 0.25) is 0 Å². The summed E-state index contributed by atoms with van der Waals surface area (Å²) in [4.78, 5) is 7.42. The Morgan fingerprint density at radius 2 is 1.92 bits per heavy atom. The average Bonchev–Trinajstić information content (AvgIpc) is 2.57. The van der Waals surface area contributed by atoms with Gasteiger partial charge in [0.1, 0.15) is 0 Å². The Hall–Kier alpha value is -0.0800. The van der Waals surface area contributed by atoms with E-state index in [0.717, 1.165) is 37.7 Å². The molecule has 0 aromatic rings. The SMILES string of the molecule is CCNC(=NCC1(C)CCCCC1O)NC1CCN(CC(C)C)CC1.I. The van der Waals surface area contributed by atoms with Gasteiger partial charge in [0.25, 0.3) is 0 Å². The summed E-state index contributed by atoms with van der Waals surface area (Å²) in [5.41, 5.74) is -0.0682. The molecule has 3 N–H and O–H groups in total. The van der Waals surface area contributed by atoms with Crippen LogP contribution in [0.15, 0.2) is 4.99 Å². The van der Waals surface area contributed by atoms with Crippen molar-refractivity contribution >= 4 is 29.9 Å². The molecule has 2 unspecified atom stereocenters. The van der Waals surface area contributed by atoms with Gasteiger partial charge in [0, 0.05) is 37.6 Å². The van der Waals surface area contributed by atoms with E-state index in [1.807, 2.05) is 0 Å². The molecule has 2 atom stereocenters. The Labute approximate surface area is 177 Å². The topological polar surface area (TPSA) is 59.9 Å². The molecule has 2 aliphatic rings. The molecule has 0 amide bonds. The maximum Gasteiger partial charge on any atom is 0.191 e. The van der Waals surface area contributed by atoms with Crippen molar-refractivity contribution in [1.29, 1.82) is 0 Å². The first-order chi connectivity index (χ1) is 11.9. The predicted octanol–water partition coefficient (Wildman–Crippen LogP) is 3.22. The zero-order valence-corrected chi connectivity index (χ0v) is 19.6. The Morgan fingerprint density at radius 1 is 1.23 bits per heavy atom. The van der Waals surface area contributed by atoms with Crippen LogP contribution < -0.4 is 10.6 Å². The van der Waals surface area contributed by atoms with Crippen LogP contribution in [0.4, 0.5) is 0 Å². The quantitative estimate of drug-likeness (QED) is 0.311. The van der Waals surface area contributed by atoms with Crippen molar-refractivity contribution in [3.63, 3.8) is 0 Å². The van der Waals surface area contributed by atoms with Gasteiger partial charge >= 0.3 is 0 Å². The van der Waals surface area contributed by atoms with E-state index in [1.54, 1.807) is 0 Å². The lowest BCUT2D eigenvalue weighted by Gasteiger charge is -2.37. The molecule has 0 spiro atoms. The summed E-state index contributed by atoms with van der Waals surface area (Å²) in [6, 6.07) is 0.505. The molecule has 2 fully saturated rings. The van der Waals surface area contributed by atoms with Crippen molar-refractivity contribution in [2.45, 2.75) is 78.4 Å². The van der Waals surface area contributed by atoms with E-state index in [4.69, 9.17) is 4.99 Å². The first-order valence-electron chi connectivity index (χ1n) is 10.4. The van der Waals surface area contributed by atoms with Gasteiger partial charge in [0.15, 0.2) is 5.96 Å². The minimum absolute atomic E-state index is 0. The molecule has 5 nitrogen and oxygen atoms in total. The molecular weight excluding hydrogens is 439 g/mol. The number of guanidine groups is 1. The van der Waals surface area contributed by atoms with Gasteiger partial charge in [-0.3, -0.25) is 4.99 Å². The Balaban J connectivity index is 0.00000338. The van der Waals surface area contributed by atoms with E-state index in [0.29, 0.717) is 12.6 Å².